The maximum Gasteiger partial charge on any atom is 0.249 e. The van der Waals surface area contributed by atoms with E-state index < -0.39 is 24.2 Å². The first-order valence-electron chi connectivity index (χ1n) is 25.6. The summed E-state index contributed by atoms with van der Waals surface area (Å²) in [6.07, 6.45) is 59.1. The topological polar surface area (TPSA) is 89.8 Å². The second-order valence-electron chi connectivity index (χ2n) is 17.7. The second kappa shape index (κ2) is 47.5. The van der Waals surface area contributed by atoms with Crippen LogP contribution in [-0.2, 0) is 4.79 Å². The average Bonchev–Trinajstić information content (AvgIpc) is 3.22. The first kappa shape index (κ1) is 55.8. The Kier molecular flexibility index (Phi) is 46.5. The maximum absolute atomic E-state index is 12.5. The third kappa shape index (κ3) is 42.8. The van der Waals surface area contributed by atoms with Crippen LogP contribution in [-0.4, -0.2) is 46.1 Å². The highest BCUT2D eigenvalue weighted by Gasteiger charge is 2.23. The average molecular weight is 804 g/mol. The van der Waals surface area contributed by atoms with Crippen LogP contribution in [0.5, 0.6) is 0 Å². The lowest BCUT2D eigenvalue weighted by Gasteiger charge is -2.23. The van der Waals surface area contributed by atoms with Crippen molar-refractivity contribution in [2.75, 3.05) is 6.61 Å². The quantitative estimate of drug-likeness (QED) is 0.0364. The van der Waals surface area contributed by atoms with E-state index in [-0.39, 0.29) is 6.61 Å². The molecule has 0 spiro atoms. The van der Waals surface area contributed by atoms with Gasteiger partial charge in [-0.3, -0.25) is 4.79 Å². The number of aliphatic hydroxyl groups is 3. The zero-order chi connectivity index (χ0) is 41.5. The van der Waals surface area contributed by atoms with Crippen molar-refractivity contribution >= 4 is 5.91 Å². The fraction of sp³-hybridized carbons (Fsp3) is 0.904. The van der Waals surface area contributed by atoms with Crippen LogP contribution in [0.15, 0.2) is 24.3 Å². The van der Waals surface area contributed by atoms with Gasteiger partial charge < -0.3 is 20.6 Å². The summed E-state index contributed by atoms with van der Waals surface area (Å²) < 4.78 is 0. The predicted molar refractivity (Wildman–Crippen MR) is 250 cm³/mol. The highest BCUT2D eigenvalue weighted by atomic mass is 16.3. The van der Waals surface area contributed by atoms with Gasteiger partial charge in [-0.15, -0.1) is 0 Å². The molecule has 0 aliphatic rings. The van der Waals surface area contributed by atoms with E-state index in [0.29, 0.717) is 12.8 Å². The molecule has 0 aromatic rings. The van der Waals surface area contributed by atoms with Gasteiger partial charge in [0.2, 0.25) is 5.91 Å². The summed E-state index contributed by atoms with van der Waals surface area (Å²) in [6.45, 7) is 4.25. The molecule has 338 valence electrons. The van der Waals surface area contributed by atoms with E-state index in [9.17, 15) is 20.1 Å². The highest BCUT2D eigenvalue weighted by molar-refractivity contribution is 5.80. The van der Waals surface area contributed by atoms with Gasteiger partial charge in [-0.25, -0.2) is 0 Å². The number of hydrogen-bond donors (Lipinski definition) is 4. The molecular weight excluding hydrogens is 703 g/mol. The first-order valence-corrected chi connectivity index (χ1v) is 25.6. The van der Waals surface area contributed by atoms with Crippen LogP contribution in [0.1, 0.15) is 277 Å². The number of nitrogens with one attached hydrogen (secondary N) is 1. The molecule has 0 aliphatic carbocycles. The number of carbonyl (C=O) groups excluding carboxylic acids is 1. The fourth-order valence-electron chi connectivity index (χ4n) is 8.05. The van der Waals surface area contributed by atoms with Crippen molar-refractivity contribution in [2.24, 2.45) is 0 Å². The van der Waals surface area contributed by atoms with Crippen LogP contribution < -0.4 is 5.32 Å². The molecule has 0 radical (unpaired) electrons. The van der Waals surface area contributed by atoms with Gasteiger partial charge in [-0.2, -0.15) is 0 Å². The van der Waals surface area contributed by atoms with Crippen molar-refractivity contribution < 1.29 is 20.1 Å². The smallest absolute Gasteiger partial charge is 0.249 e. The minimum absolute atomic E-state index is 0.315. The van der Waals surface area contributed by atoms with Crippen molar-refractivity contribution in [3.63, 3.8) is 0 Å². The van der Waals surface area contributed by atoms with Crippen molar-refractivity contribution in [3.8, 4) is 0 Å². The van der Waals surface area contributed by atoms with E-state index in [0.717, 1.165) is 44.9 Å². The molecule has 0 bridgehead atoms. The lowest BCUT2D eigenvalue weighted by molar-refractivity contribution is -0.131. The Hall–Kier alpha value is -1.17. The van der Waals surface area contributed by atoms with Crippen LogP contribution in [0.3, 0.4) is 0 Å². The number of rotatable bonds is 47. The monoisotopic (exact) mass is 804 g/mol. The molecule has 57 heavy (non-hydrogen) atoms. The molecule has 0 aliphatic heterocycles. The molecule has 0 saturated carbocycles. The number of carbonyl (C=O) groups is 1. The summed E-state index contributed by atoms with van der Waals surface area (Å²) >= 11 is 0. The number of amides is 1. The Labute approximate surface area is 356 Å². The van der Waals surface area contributed by atoms with Crippen LogP contribution in [0.2, 0.25) is 0 Å². The molecule has 0 fully saturated rings. The number of unbranched alkanes of at least 4 members (excludes halogenated alkanes) is 35. The van der Waals surface area contributed by atoms with Crippen LogP contribution in [0.25, 0.3) is 0 Å². The minimum Gasteiger partial charge on any atom is -0.394 e. The Balaban J connectivity index is 3.59. The van der Waals surface area contributed by atoms with Crippen molar-refractivity contribution in [3.05, 3.63) is 24.3 Å². The third-order valence-corrected chi connectivity index (χ3v) is 12.1. The van der Waals surface area contributed by atoms with Gasteiger partial charge in [0.25, 0.3) is 0 Å². The van der Waals surface area contributed by atoms with Crippen molar-refractivity contribution in [1.82, 2.24) is 5.32 Å². The highest BCUT2D eigenvalue weighted by Crippen LogP contribution is 2.17. The Morgan fingerprint density at radius 1 is 0.421 bits per heavy atom. The molecule has 1 amide bonds. The predicted octanol–water partition coefficient (Wildman–Crippen LogP) is 15.3. The lowest BCUT2D eigenvalue weighted by atomic mass is 10.0. The summed E-state index contributed by atoms with van der Waals surface area (Å²) in [5.41, 5.74) is 0. The molecule has 0 heterocycles. The molecular formula is C52H101NO4. The number of allylic oxidation sites excluding steroid dienone is 4. The summed E-state index contributed by atoms with van der Waals surface area (Å²) in [6, 6.07) is -0.716. The third-order valence-electron chi connectivity index (χ3n) is 12.1. The molecule has 5 heteroatoms. The molecule has 4 N–H and O–H groups in total. The van der Waals surface area contributed by atoms with Gasteiger partial charge in [0, 0.05) is 0 Å². The van der Waals surface area contributed by atoms with Crippen molar-refractivity contribution in [2.45, 2.75) is 295 Å². The summed E-state index contributed by atoms with van der Waals surface area (Å²) in [4.78, 5) is 12.5. The second-order valence-corrected chi connectivity index (χ2v) is 17.7. The number of aliphatic hydroxyl groups excluding tert-OH is 3. The van der Waals surface area contributed by atoms with Gasteiger partial charge in [0.1, 0.15) is 6.10 Å². The maximum atomic E-state index is 12.5. The summed E-state index contributed by atoms with van der Waals surface area (Å²) in [5.74, 6) is -0.475. The van der Waals surface area contributed by atoms with E-state index in [1.165, 1.54) is 205 Å². The van der Waals surface area contributed by atoms with Gasteiger partial charge >= 0.3 is 0 Å². The summed E-state index contributed by atoms with van der Waals surface area (Å²) in [5, 5.41) is 33.5. The fourth-order valence-corrected chi connectivity index (χ4v) is 8.05. The van der Waals surface area contributed by atoms with E-state index in [1.807, 2.05) is 0 Å². The van der Waals surface area contributed by atoms with Crippen LogP contribution in [0, 0.1) is 0 Å². The molecule has 0 saturated heterocycles. The zero-order valence-electron chi connectivity index (χ0n) is 38.5. The van der Waals surface area contributed by atoms with Crippen LogP contribution >= 0.6 is 0 Å². The zero-order valence-corrected chi connectivity index (χ0v) is 38.5. The molecule has 0 rings (SSSR count). The molecule has 3 atom stereocenters. The lowest BCUT2D eigenvalue weighted by Crippen LogP contribution is -2.49. The standard InChI is InChI=1S/C52H101NO4/c1-3-5-7-9-11-13-15-17-19-21-23-25-27-29-31-33-35-37-39-41-43-45-47-51(56)52(57)53-49(48-54)50(55)46-44-42-40-38-36-34-32-30-28-26-24-22-20-18-16-14-12-10-8-6-4-2/h23,25,29,31,49-51,54-56H,3-22,24,26-28,30,32-48H2,1-2H3,(H,53,57)/b25-23-,31-29-. The van der Waals surface area contributed by atoms with E-state index in [1.54, 1.807) is 0 Å². The Bertz CT molecular complexity index is 844. The van der Waals surface area contributed by atoms with Gasteiger partial charge in [-0.05, 0) is 44.9 Å². The van der Waals surface area contributed by atoms with Crippen molar-refractivity contribution in [1.29, 1.82) is 0 Å². The van der Waals surface area contributed by atoms with Gasteiger partial charge in [0.15, 0.2) is 0 Å². The van der Waals surface area contributed by atoms with Crippen LogP contribution in [0.4, 0.5) is 0 Å². The first-order chi connectivity index (χ1) is 28.1. The Morgan fingerprint density at radius 3 is 1.05 bits per heavy atom. The normalized spacial score (nSPS) is 13.6. The number of hydrogen-bond acceptors (Lipinski definition) is 4. The van der Waals surface area contributed by atoms with Gasteiger partial charge in [-0.1, -0.05) is 256 Å². The molecule has 0 aromatic carbocycles. The van der Waals surface area contributed by atoms with Gasteiger partial charge in [0.05, 0.1) is 18.8 Å². The Morgan fingerprint density at radius 2 is 0.719 bits per heavy atom. The minimum atomic E-state index is -1.08. The SMILES string of the molecule is CCCCCCCCCCC/C=C\C/C=C\CCCCCCCCC(O)C(=O)NC(CO)C(O)CCCCCCCCCCCCCCCCCCCCCCC. The van der Waals surface area contributed by atoms with E-state index in [4.69, 9.17) is 0 Å². The summed E-state index contributed by atoms with van der Waals surface area (Å²) in [7, 11) is 0. The van der Waals surface area contributed by atoms with E-state index in [2.05, 4.69) is 43.5 Å². The molecule has 0 aromatic heterocycles. The largest absolute Gasteiger partial charge is 0.394 e. The molecule has 3 unspecified atom stereocenters. The molecule has 5 nitrogen and oxygen atoms in total. The van der Waals surface area contributed by atoms with E-state index >= 15 is 0 Å².